The van der Waals surface area contributed by atoms with Crippen molar-refractivity contribution in [3.05, 3.63) is 87.8 Å². The van der Waals surface area contributed by atoms with E-state index in [0.717, 1.165) is 29.0 Å². The molecule has 0 saturated heterocycles. The quantitative estimate of drug-likeness (QED) is 0.453. The molecule has 11 heteroatoms. The van der Waals surface area contributed by atoms with Crippen LogP contribution in [0.15, 0.2) is 64.1 Å². The summed E-state index contributed by atoms with van der Waals surface area (Å²) >= 11 is 0. The third kappa shape index (κ3) is 4.44. The molecule has 0 bridgehead atoms. The minimum atomic E-state index is -4.46. The molecule has 0 unspecified atom stereocenters. The van der Waals surface area contributed by atoms with Gasteiger partial charge in [-0.2, -0.15) is 13.2 Å². The molecule has 1 aromatic carbocycles. The van der Waals surface area contributed by atoms with Crippen LogP contribution < -0.4 is 10.3 Å². The zero-order chi connectivity index (χ0) is 24.7. The number of fused-ring (bicyclic) bond motifs is 3. The van der Waals surface area contributed by atoms with Crippen LogP contribution in [0.25, 0.3) is 16.7 Å². The van der Waals surface area contributed by atoms with E-state index in [1.54, 1.807) is 24.3 Å². The molecule has 0 fully saturated rings. The largest absolute Gasteiger partial charge is 0.487 e. The molecule has 0 aliphatic carbocycles. The molecule has 0 radical (unpaired) electrons. The lowest BCUT2D eigenvalue weighted by Gasteiger charge is -2.23. The summed E-state index contributed by atoms with van der Waals surface area (Å²) in [5, 5.41) is 10.1. The number of halogens is 3. The van der Waals surface area contributed by atoms with Crippen LogP contribution >= 0.6 is 0 Å². The average molecular weight is 485 g/mol. The highest BCUT2D eigenvalue weighted by Crippen LogP contribution is 2.32. The number of carboxylic acid groups (broad SMARTS) is 1. The second-order valence-corrected chi connectivity index (χ2v) is 8.03. The summed E-state index contributed by atoms with van der Waals surface area (Å²) in [5.41, 5.74) is 0.997. The number of pyridine rings is 2. The summed E-state index contributed by atoms with van der Waals surface area (Å²) in [5.74, 6) is 0.985. The van der Waals surface area contributed by atoms with Crippen LogP contribution in [-0.4, -0.2) is 32.2 Å². The first-order valence-corrected chi connectivity index (χ1v) is 10.6. The zero-order valence-corrected chi connectivity index (χ0v) is 18.1. The van der Waals surface area contributed by atoms with Gasteiger partial charge in [-0.1, -0.05) is 0 Å². The first kappa shape index (κ1) is 22.5. The van der Waals surface area contributed by atoms with E-state index in [4.69, 9.17) is 9.15 Å². The Labute approximate surface area is 195 Å². The number of hydrogen-bond acceptors (Lipinski definition) is 5. The monoisotopic (exact) mass is 485 g/mol. The van der Waals surface area contributed by atoms with Gasteiger partial charge < -0.3 is 19.2 Å². The maximum Gasteiger partial charge on any atom is 0.417 e. The van der Waals surface area contributed by atoms with E-state index < -0.39 is 17.8 Å². The number of hydrogen-bond donors (Lipinski definition) is 1. The van der Waals surface area contributed by atoms with Crippen molar-refractivity contribution in [1.29, 1.82) is 0 Å². The number of carbonyl (C=O) groups is 1. The summed E-state index contributed by atoms with van der Waals surface area (Å²) < 4.78 is 50.8. The summed E-state index contributed by atoms with van der Waals surface area (Å²) in [7, 11) is 0. The summed E-state index contributed by atoms with van der Waals surface area (Å²) in [6, 6.07) is 10.2. The van der Waals surface area contributed by atoms with Gasteiger partial charge in [0.25, 0.3) is 5.56 Å². The van der Waals surface area contributed by atoms with Crippen LogP contribution in [0.1, 0.15) is 22.6 Å². The molecule has 0 atom stereocenters. The average Bonchev–Trinajstić information content (AvgIpc) is 3.19. The number of furan rings is 1. The van der Waals surface area contributed by atoms with Crippen LogP contribution in [-0.2, 0) is 25.7 Å². The maximum absolute atomic E-state index is 12.7. The van der Waals surface area contributed by atoms with Gasteiger partial charge in [0.15, 0.2) is 0 Å². The van der Waals surface area contributed by atoms with Gasteiger partial charge in [-0.05, 0) is 30.3 Å². The molecular weight excluding hydrogens is 467 g/mol. The van der Waals surface area contributed by atoms with Crippen LogP contribution in [0, 0.1) is 0 Å². The Kier molecular flexibility index (Phi) is 5.46. The normalized spacial score (nSPS) is 13.6. The zero-order valence-electron chi connectivity index (χ0n) is 18.1. The second-order valence-electron chi connectivity index (χ2n) is 8.03. The Hall–Kier alpha value is -4.28. The molecule has 180 valence electrons. The number of nitrogens with zero attached hydrogens (tertiary/aromatic N) is 3. The SMILES string of the molecule is O=C(O)N1CCc2oc3cc(-n4ccc(OCc5ccc(C(F)(F)F)cn5)cc4=O)ccc3c2C1. The van der Waals surface area contributed by atoms with E-state index >= 15 is 0 Å². The van der Waals surface area contributed by atoms with Crippen molar-refractivity contribution in [2.75, 3.05) is 6.54 Å². The maximum atomic E-state index is 12.7. The van der Waals surface area contributed by atoms with Gasteiger partial charge in [0.05, 0.1) is 23.5 Å². The molecule has 3 aromatic heterocycles. The lowest BCUT2D eigenvalue weighted by atomic mass is 10.0. The van der Waals surface area contributed by atoms with Crippen molar-refractivity contribution in [1.82, 2.24) is 14.5 Å². The fraction of sp³-hybridized carbons (Fsp3) is 0.208. The molecule has 1 aliphatic rings. The second kappa shape index (κ2) is 8.49. The standard InChI is InChI=1S/C24H18F3N3O5/c25-24(26,27)14-1-2-15(28-11-14)13-34-17-5-8-30(22(31)10-17)16-3-4-18-19-12-29(23(32)33)7-6-20(19)35-21(18)9-16/h1-5,8-11H,6-7,12-13H2,(H,32,33). The molecule has 0 saturated carbocycles. The van der Waals surface area contributed by atoms with Gasteiger partial charge in [-0.15, -0.1) is 0 Å². The third-order valence-corrected chi connectivity index (χ3v) is 5.80. The minimum absolute atomic E-state index is 0.0984. The molecule has 35 heavy (non-hydrogen) atoms. The highest BCUT2D eigenvalue weighted by atomic mass is 19.4. The van der Waals surface area contributed by atoms with Gasteiger partial charge in [0.2, 0.25) is 0 Å². The Morgan fingerprint density at radius 3 is 2.69 bits per heavy atom. The summed E-state index contributed by atoms with van der Waals surface area (Å²) in [4.78, 5) is 29.1. The smallest absolute Gasteiger partial charge is 0.417 e. The number of alkyl halides is 3. The highest BCUT2D eigenvalue weighted by molar-refractivity contribution is 5.85. The molecule has 4 heterocycles. The lowest BCUT2D eigenvalue weighted by molar-refractivity contribution is -0.137. The predicted octanol–water partition coefficient (Wildman–Crippen LogP) is 4.61. The third-order valence-electron chi connectivity index (χ3n) is 5.80. The van der Waals surface area contributed by atoms with Crippen molar-refractivity contribution in [2.24, 2.45) is 0 Å². The van der Waals surface area contributed by atoms with Crippen molar-refractivity contribution < 1.29 is 32.2 Å². The van der Waals surface area contributed by atoms with E-state index in [9.17, 15) is 27.9 Å². The Morgan fingerprint density at radius 1 is 1.17 bits per heavy atom. The first-order valence-electron chi connectivity index (χ1n) is 10.6. The van der Waals surface area contributed by atoms with Gasteiger partial charge >= 0.3 is 12.3 Å². The molecule has 0 spiro atoms. The minimum Gasteiger partial charge on any atom is -0.487 e. The van der Waals surface area contributed by atoms with E-state index in [0.29, 0.717) is 24.2 Å². The van der Waals surface area contributed by atoms with Gasteiger partial charge in [-0.25, -0.2) is 4.79 Å². The topological polar surface area (TPSA) is 97.8 Å². The number of rotatable bonds is 4. The summed E-state index contributed by atoms with van der Waals surface area (Å²) in [6.07, 6.45) is -2.71. The number of benzene rings is 1. The van der Waals surface area contributed by atoms with Crippen molar-refractivity contribution >= 4 is 17.1 Å². The molecular formula is C24H18F3N3O5. The fourth-order valence-corrected chi connectivity index (χ4v) is 3.98. The fourth-order valence-electron chi connectivity index (χ4n) is 3.98. The van der Waals surface area contributed by atoms with Crippen molar-refractivity contribution in [3.63, 3.8) is 0 Å². The van der Waals surface area contributed by atoms with Crippen molar-refractivity contribution in [2.45, 2.75) is 25.7 Å². The van der Waals surface area contributed by atoms with E-state index in [1.807, 2.05) is 0 Å². The van der Waals surface area contributed by atoms with Gasteiger partial charge in [0, 0.05) is 48.4 Å². The Morgan fingerprint density at radius 2 is 2.00 bits per heavy atom. The first-order chi connectivity index (χ1) is 16.7. The number of aromatic nitrogens is 2. The molecule has 4 aromatic rings. The molecule has 1 amide bonds. The predicted molar refractivity (Wildman–Crippen MR) is 118 cm³/mol. The number of amides is 1. The molecule has 8 nitrogen and oxygen atoms in total. The van der Waals surface area contributed by atoms with Gasteiger partial charge in [-0.3, -0.25) is 14.3 Å². The Balaban J connectivity index is 1.33. The highest BCUT2D eigenvalue weighted by Gasteiger charge is 2.30. The van der Waals surface area contributed by atoms with E-state index in [-0.39, 0.29) is 30.2 Å². The van der Waals surface area contributed by atoms with Crippen LogP contribution in [0.3, 0.4) is 0 Å². The molecule has 1 aliphatic heterocycles. The van der Waals surface area contributed by atoms with E-state index in [1.165, 1.54) is 27.8 Å². The van der Waals surface area contributed by atoms with Crippen LogP contribution in [0.2, 0.25) is 0 Å². The summed E-state index contributed by atoms with van der Waals surface area (Å²) in [6.45, 7) is 0.508. The van der Waals surface area contributed by atoms with Gasteiger partial charge in [0.1, 0.15) is 23.7 Å². The van der Waals surface area contributed by atoms with Crippen LogP contribution in [0.4, 0.5) is 18.0 Å². The van der Waals surface area contributed by atoms with Crippen molar-refractivity contribution in [3.8, 4) is 11.4 Å². The lowest BCUT2D eigenvalue weighted by Crippen LogP contribution is -2.34. The molecule has 1 N–H and O–H groups in total. The Bertz CT molecular complexity index is 1470. The number of ether oxygens (including phenoxy) is 1. The van der Waals surface area contributed by atoms with Crippen LogP contribution in [0.5, 0.6) is 5.75 Å². The molecule has 5 rings (SSSR count). The van der Waals surface area contributed by atoms with E-state index in [2.05, 4.69) is 4.98 Å².